The molecule has 2 fully saturated rings. The molecule has 0 spiro atoms. The first kappa shape index (κ1) is 19.3. The fraction of sp³-hybridized carbons (Fsp3) is 0.500. The van der Waals surface area contributed by atoms with Crippen molar-refractivity contribution < 1.29 is 14.2 Å². The van der Waals surface area contributed by atoms with Gasteiger partial charge >= 0.3 is 0 Å². The molecule has 4 nitrogen and oxygen atoms in total. The maximum Gasteiger partial charge on any atom is 0.119 e. The lowest BCUT2D eigenvalue weighted by Gasteiger charge is -2.35. The van der Waals surface area contributed by atoms with E-state index in [2.05, 4.69) is 47.4 Å². The number of nitrogens with zero attached hydrogens (tertiary/aromatic N) is 1. The Kier molecular flexibility index (Phi) is 5.88. The highest BCUT2D eigenvalue weighted by molar-refractivity contribution is 5.35. The average Bonchev–Trinajstić information content (AvgIpc) is 3.48. The van der Waals surface area contributed by atoms with E-state index in [0.717, 1.165) is 44.2 Å². The summed E-state index contributed by atoms with van der Waals surface area (Å²) in [7, 11) is 1.74. The summed E-state index contributed by atoms with van der Waals surface area (Å²) in [6, 6.07) is 17.8. The minimum atomic E-state index is 0.0440. The van der Waals surface area contributed by atoms with Crippen LogP contribution >= 0.6 is 0 Å². The van der Waals surface area contributed by atoms with Crippen molar-refractivity contribution in [3.63, 3.8) is 0 Å². The maximum absolute atomic E-state index is 5.90. The van der Waals surface area contributed by atoms with Crippen molar-refractivity contribution in [2.24, 2.45) is 0 Å². The van der Waals surface area contributed by atoms with E-state index in [4.69, 9.17) is 14.2 Å². The molecular formula is C24H31NO3. The third-order valence-electron chi connectivity index (χ3n) is 5.97. The number of hydrogen-bond donors (Lipinski definition) is 0. The SMILES string of the molecule is CCOc1ccc(CN(CC2(c3cccc(OC)c3)CCOC2)C2CC2)cc1. The van der Waals surface area contributed by atoms with Crippen LogP contribution in [0.4, 0.5) is 0 Å². The van der Waals surface area contributed by atoms with E-state index in [1.807, 2.05) is 13.0 Å². The van der Waals surface area contributed by atoms with E-state index in [1.165, 1.54) is 24.0 Å². The molecular weight excluding hydrogens is 350 g/mol. The van der Waals surface area contributed by atoms with E-state index in [9.17, 15) is 0 Å². The van der Waals surface area contributed by atoms with Crippen molar-refractivity contribution >= 4 is 0 Å². The smallest absolute Gasteiger partial charge is 0.119 e. The summed E-state index contributed by atoms with van der Waals surface area (Å²) < 4.78 is 17.0. The van der Waals surface area contributed by atoms with E-state index >= 15 is 0 Å². The molecule has 0 aromatic heterocycles. The summed E-state index contributed by atoms with van der Waals surface area (Å²) >= 11 is 0. The largest absolute Gasteiger partial charge is 0.497 e. The quantitative estimate of drug-likeness (QED) is 0.643. The molecule has 1 heterocycles. The Bertz CT molecular complexity index is 764. The van der Waals surface area contributed by atoms with E-state index in [-0.39, 0.29) is 5.41 Å². The summed E-state index contributed by atoms with van der Waals surface area (Å²) in [5.41, 5.74) is 2.72. The minimum absolute atomic E-state index is 0.0440. The molecule has 4 heteroatoms. The van der Waals surface area contributed by atoms with Crippen LogP contribution in [0.25, 0.3) is 0 Å². The first-order valence-corrected chi connectivity index (χ1v) is 10.4. The summed E-state index contributed by atoms with van der Waals surface area (Å²) in [5.74, 6) is 1.87. The molecule has 28 heavy (non-hydrogen) atoms. The Balaban J connectivity index is 1.53. The van der Waals surface area contributed by atoms with Gasteiger partial charge in [-0.15, -0.1) is 0 Å². The summed E-state index contributed by atoms with van der Waals surface area (Å²) in [6.45, 7) is 6.34. The zero-order valence-corrected chi connectivity index (χ0v) is 17.0. The van der Waals surface area contributed by atoms with Gasteiger partial charge in [0.15, 0.2) is 0 Å². The Hall–Kier alpha value is -2.04. The normalized spacial score (nSPS) is 21.8. The lowest BCUT2D eigenvalue weighted by atomic mass is 9.79. The highest BCUT2D eigenvalue weighted by Crippen LogP contribution is 2.39. The van der Waals surface area contributed by atoms with E-state index in [1.54, 1.807) is 7.11 Å². The van der Waals surface area contributed by atoms with Crippen LogP contribution in [0, 0.1) is 0 Å². The van der Waals surface area contributed by atoms with Gasteiger partial charge in [-0.2, -0.15) is 0 Å². The number of rotatable bonds is 9. The Morgan fingerprint density at radius 3 is 2.57 bits per heavy atom. The summed E-state index contributed by atoms with van der Waals surface area (Å²) in [5, 5.41) is 0. The second-order valence-electron chi connectivity index (χ2n) is 8.03. The standard InChI is InChI=1S/C24H31NO3/c1-3-28-22-11-7-19(8-12-22)16-25(21-9-10-21)17-24(13-14-27-18-24)20-5-4-6-23(15-20)26-2/h4-8,11-12,15,21H,3,9-10,13-14,16-18H2,1-2H3. The predicted octanol–water partition coefficient (Wildman–Crippen LogP) is 4.42. The van der Waals surface area contributed by atoms with Crippen molar-refractivity contribution in [2.45, 2.75) is 44.2 Å². The first-order valence-electron chi connectivity index (χ1n) is 10.4. The molecule has 2 aliphatic rings. The molecule has 1 aliphatic heterocycles. The number of benzene rings is 2. The van der Waals surface area contributed by atoms with Gasteiger partial charge in [-0.1, -0.05) is 24.3 Å². The van der Waals surface area contributed by atoms with Crippen LogP contribution in [0.15, 0.2) is 48.5 Å². The lowest BCUT2D eigenvalue weighted by Crippen LogP contribution is -2.42. The highest BCUT2D eigenvalue weighted by atomic mass is 16.5. The van der Waals surface area contributed by atoms with Crippen molar-refractivity contribution in [1.82, 2.24) is 4.90 Å². The Morgan fingerprint density at radius 2 is 1.93 bits per heavy atom. The monoisotopic (exact) mass is 381 g/mol. The average molecular weight is 382 g/mol. The Morgan fingerprint density at radius 1 is 1.11 bits per heavy atom. The predicted molar refractivity (Wildman–Crippen MR) is 111 cm³/mol. The summed E-state index contributed by atoms with van der Waals surface area (Å²) in [6.07, 6.45) is 3.66. The highest BCUT2D eigenvalue weighted by Gasteiger charge is 2.41. The number of ether oxygens (including phenoxy) is 3. The molecule has 1 unspecified atom stereocenters. The van der Waals surface area contributed by atoms with Crippen LogP contribution in [-0.2, 0) is 16.7 Å². The van der Waals surface area contributed by atoms with Gasteiger partial charge in [0.05, 0.1) is 20.3 Å². The maximum atomic E-state index is 5.90. The van der Waals surface area contributed by atoms with Crippen molar-refractivity contribution in [3.05, 3.63) is 59.7 Å². The third-order valence-corrected chi connectivity index (χ3v) is 5.97. The molecule has 0 amide bonds. The van der Waals surface area contributed by atoms with Crippen LogP contribution < -0.4 is 9.47 Å². The second-order valence-corrected chi connectivity index (χ2v) is 8.03. The lowest BCUT2D eigenvalue weighted by molar-refractivity contribution is 0.143. The van der Waals surface area contributed by atoms with E-state index < -0.39 is 0 Å². The molecule has 1 saturated carbocycles. The zero-order chi connectivity index (χ0) is 19.4. The zero-order valence-electron chi connectivity index (χ0n) is 17.0. The van der Waals surface area contributed by atoms with Crippen LogP contribution in [0.3, 0.4) is 0 Å². The Labute approximate surface area is 168 Å². The molecule has 1 aliphatic carbocycles. The van der Waals surface area contributed by atoms with Gasteiger partial charge in [0, 0.05) is 31.2 Å². The van der Waals surface area contributed by atoms with Gasteiger partial charge in [-0.3, -0.25) is 4.90 Å². The molecule has 1 saturated heterocycles. The van der Waals surface area contributed by atoms with Crippen LogP contribution in [0.5, 0.6) is 11.5 Å². The van der Waals surface area contributed by atoms with Crippen LogP contribution in [0.1, 0.15) is 37.3 Å². The van der Waals surface area contributed by atoms with Crippen molar-refractivity contribution in [3.8, 4) is 11.5 Å². The molecule has 1 atom stereocenters. The summed E-state index contributed by atoms with van der Waals surface area (Å²) in [4.78, 5) is 2.66. The molecule has 2 aromatic rings. The number of methoxy groups -OCH3 is 1. The van der Waals surface area contributed by atoms with Crippen molar-refractivity contribution in [2.75, 3.05) is 33.5 Å². The molecule has 0 radical (unpaired) electrons. The van der Waals surface area contributed by atoms with Gasteiger partial charge in [0.1, 0.15) is 11.5 Å². The first-order chi connectivity index (χ1) is 13.7. The topological polar surface area (TPSA) is 30.9 Å². The van der Waals surface area contributed by atoms with Crippen LogP contribution in [0.2, 0.25) is 0 Å². The molecule has 4 rings (SSSR count). The van der Waals surface area contributed by atoms with Gasteiger partial charge < -0.3 is 14.2 Å². The fourth-order valence-corrected chi connectivity index (χ4v) is 4.24. The fourth-order valence-electron chi connectivity index (χ4n) is 4.24. The van der Waals surface area contributed by atoms with Crippen LogP contribution in [-0.4, -0.2) is 44.4 Å². The molecule has 150 valence electrons. The van der Waals surface area contributed by atoms with Gasteiger partial charge in [-0.05, 0) is 61.6 Å². The van der Waals surface area contributed by atoms with Gasteiger partial charge in [0.2, 0.25) is 0 Å². The molecule has 0 bridgehead atoms. The van der Waals surface area contributed by atoms with Gasteiger partial charge in [0.25, 0.3) is 0 Å². The molecule has 0 N–H and O–H groups in total. The second kappa shape index (κ2) is 8.54. The minimum Gasteiger partial charge on any atom is -0.497 e. The van der Waals surface area contributed by atoms with Gasteiger partial charge in [-0.25, -0.2) is 0 Å². The third kappa shape index (κ3) is 4.34. The van der Waals surface area contributed by atoms with Crippen molar-refractivity contribution in [1.29, 1.82) is 0 Å². The van der Waals surface area contributed by atoms with E-state index in [0.29, 0.717) is 12.6 Å². The molecule has 2 aromatic carbocycles. The number of hydrogen-bond acceptors (Lipinski definition) is 4.